The lowest BCUT2D eigenvalue weighted by Crippen LogP contribution is -2.24. The molecule has 7 nitrogen and oxygen atoms in total. The van der Waals surface area contributed by atoms with Gasteiger partial charge in [-0.25, -0.2) is 0 Å². The average molecular weight is 436 g/mol. The van der Waals surface area contributed by atoms with Gasteiger partial charge in [0.05, 0.1) is 28.9 Å². The fourth-order valence-corrected chi connectivity index (χ4v) is 4.08. The molecule has 0 saturated carbocycles. The fourth-order valence-electron chi connectivity index (χ4n) is 3.46. The highest BCUT2D eigenvalue weighted by Crippen LogP contribution is 2.34. The van der Waals surface area contributed by atoms with E-state index in [1.165, 1.54) is 18.4 Å². The van der Waals surface area contributed by atoms with Gasteiger partial charge in [-0.1, -0.05) is 18.2 Å². The predicted octanol–water partition coefficient (Wildman–Crippen LogP) is 4.39. The van der Waals surface area contributed by atoms with Gasteiger partial charge in [-0.05, 0) is 42.1 Å². The SMILES string of the molecule is COc1cc(NC(=O)c2ccccc2NC(=O)c2cccs2)ccc1N1CCCC1=O. The number of hydrogen-bond donors (Lipinski definition) is 2. The van der Waals surface area contributed by atoms with Crippen molar-refractivity contribution in [3.63, 3.8) is 0 Å². The zero-order valence-corrected chi connectivity index (χ0v) is 17.7. The molecule has 3 amide bonds. The minimum Gasteiger partial charge on any atom is -0.494 e. The highest BCUT2D eigenvalue weighted by Gasteiger charge is 2.25. The molecule has 1 aromatic heterocycles. The molecular formula is C23H21N3O4S. The van der Waals surface area contributed by atoms with Gasteiger partial charge in [0.1, 0.15) is 5.75 Å². The molecule has 1 aliphatic rings. The van der Waals surface area contributed by atoms with Crippen LogP contribution in [0.3, 0.4) is 0 Å². The van der Waals surface area contributed by atoms with Crippen LogP contribution in [0.15, 0.2) is 60.0 Å². The number of hydrogen-bond acceptors (Lipinski definition) is 5. The maximum atomic E-state index is 12.9. The van der Waals surface area contributed by atoms with Crippen LogP contribution in [0.1, 0.15) is 32.9 Å². The van der Waals surface area contributed by atoms with Crippen LogP contribution in [0.4, 0.5) is 17.1 Å². The molecule has 158 valence electrons. The Bertz CT molecular complexity index is 1130. The Morgan fingerprint density at radius 1 is 1.03 bits per heavy atom. The third-order valence-electron chi connectivity index (χ3n) is 4.97. The second-order valence-corrected chi connectivity index (χ2v) is 7.91. The monoisotopic (exact) mass is 435 g/mol. The lowest BCUT2D eigenvalue weighted by Gasteiger charge is -2.20. The van der Waals surface area contributed by atoms with Crippen LogP contribution < -0.4 is 20.3 Å². The highest BCUT2D eigenvalue weighted by atomic mass is 32.1. The van der Waals surface area contributed by atoms with E-state index in [0.29, 0.717) is 46.2 Å². The smallest absolute Gasteiger partial charge is 0.265 e. The number of carbonyl (C=O) groups is 3. The molecule has 4 rings (SSSR count). The summed E-state index contributed by atoms with van der Waals surface area (Å²) >= 11 is 1.33. The molecule has 0 unspecified atom stereocenters. The van der Waals surface area contributed by atoms with Crippen molar-refractivity contribution in [1.82, 2.24) is 0 Å². The van der Waals surface area contributed by atoms with Crippen molar-refractivity contribution in [2.24, 2.45) is 0 Å². The molecule has 0 radical (unpaired) electrons. The summed E-state index contributed by atoms with van der Waals surface area (Å²) < 4.78 is 5.45. The lowest BCUT2D eigenvalue weighted by molar-refractivity contribution is -0.117. The van der Waals surface area contributed by atoms with E-state index in [2.05, 4.69) is 10.6 Å². The third-order valence-corrected chi connectivity index (χ3v) is 5.84. The first-order chi connectivity index (χ1) is 15.1. The van der Waals surface area contributed by atoms with Crippen LogP contribution in [0, 0.1) is 0 Å². The van der Waals surface area contributed by atoms with E-state index in [1.807, 2.05) is 5.38 Å². The van der Waals surface area contributed by atoms with Gasteiger partial charge in [0.25, 0.3) is 11.8 Å². The van der Waals surface area contributed by atoms with E-state index in [0.717, 1.165) is 6.42 Å². The van der Waals surface area contributed by atoms with Crippen molar-refractivity contribution in [3.8, 4) is 5.75 Å². The number of carbonyl (C=O) groups excluding carboxylic acids is 3. The van der Waals surface area contributed by atoms with Crippen molar-refractivity contribution < 1.29 is 19.1 Å². The van der Waals surface area contributed by atoms with Crippen molar-refractivity contribution >= 4 is 46.1 Å². The number of nitrogens with zero attached hydrogens (tertiary/aromatic N) is 1. The highest BCUT2D eigenvalue weighted by molar-refractivity contribution is 7.12. The standard InChI is InChI=1S/C23H21N3O4S/c1-30-19-14-15(10-11-18(19)26-12-4-9-21(26)27)24-22(28)16-6-2-3-7-17(16)25-23(29)20-8-5-13-31-20/h2-3,5-8,10-11,13-14H,4,9,12H2,1H3,(H,24,28)(H,25,29). The summed E-state index contributed by atoms with van der Waals surface area (Å²) in [6, 6.07) is 15.5. The van der Waals surface area contributed by atoms with Gasteiger partial charge in [-0.3, -0.25) is 14.4 Å². The zero-order chi connectivity index (χ0) is 21.8. The third kappa shape index (κ3) is 4.44. The van der Waals surface area contributed by atoms with Crippen molar-refractivity contribution in [2.75, 3.05) is 29.2 Å². The molecule has 3 aromatic rings. The Balaban J connectivity index is 1.53. The van der Waals surface area contributed by atoms with Crippen molar-refractivity contribution in [1.29, 1.82) is 0 Å². The summed E-state index contributed by atoms with van der Waals surface area (Å²) in [5, 5.41) is 7.45. The first-order valence-corrected chi connectivity index (χ1v) is 10.7. The van der Waals surface area contributed by atoms with E-state index in [-0.39, 0.29) is 17.7 Å². The fraction of sp³-hybridized carbons (Fsp3) is 0.174. The van der Waals surface area contributed by atoms with Crippen LogP contribution in [0.2, 0.25) is 0 Å². The molecule has 0 spiro atoms. The molecule has 8 heteroatoms. The number of thiophene rings is 1. The predicted molar refractivity (Wildman–Crippen MR) is 121 cm³/mol. The molecule has 2 aromatic carbocycles. The van der Waals surface area contributed by atoms with Gasteiger partial charge in [0, 0.05) is 24.7 Å². The minimum absolute atomic E-state index is 0.0606. The molecule has 0 aliphatic carbocycles. The maximum Gasteiger partial charge on any atom is 0.265 e. The van der Waals surface area contributed by atoms with E-state index in [4.69, 9.17) is 4.74 Å². The van der Waals surface area contributed by atoms with Crippen LogP contribution in [-0.2, 0) is 4.79 Å². The molecule has 0 bridgehead atoms. The normalized spacial score (nSPS) is 13.2. The van der Waals surface area contributed by atoms with E-state index in [9.17, 15) is 14.4 Å². The summed E-state index contributed by atoms with van der Waals surface area (Å²) in [5.41, 5.74) is 1.97. The Morgan fingerprint density at radius 3 is 2.58 bits per heavy atom. The number of rotatable bonds is 6. The molecule has 1 aliphatic heterocycles. The largest absolute Gasteiger partial charge is 0.494 e. The van der Waals surface area contributed by atoms with Gasteiger partial charge >= 0.3 is 0 Å². The van der Waals surface area contributed by atoms with E-state index >= 15 is 0 Å². The number of ether oxygens (including phenoxy) is 1. The quantitative estimate of drug-likeness (QED) is 0.601. The van der Waals surface area contributed by atoms with Crippen molar-refractivity contribution in [3.05, 3.63) is 70.4 Å². The Morgan fingerprint density at radius 2 is 1.87 bits per heavy atom. The average Bonchev–Trinajstić information content (AvgIpc) is 3.46. The summed E-state index contributed by atoms with van der Waals surface area (Å²) in [4.78, 5) is 39.7. The number of benzene rings is 2. The molecular weight excluding hydrogens is 414 g/mol. The van der Waals surface area contributed by atoms with Crippen molar-refractivity contribution in [2.45, 2.75) is 12.8 Å². The second-order valence-electron chi connectivity index (χ2n) is 6.97. The van der Waals surface area contributed by atoms with Gasteiger partial charge in [-0.15, -0.1) is 11.3 Å². The van der Waals surface area contributed by atoms with Crippen LogP contribution in [0.5, 0.6) is 5.75 Å². The van der Waals surface area contributed by atoms with Gasteiger partial charge < -0.3 is 20.3 Å². The number of nitrogens with one attached hydrogen (secondary N) is 2. The van der Waals surface area contributed by atoms with Gasteiger partial charge in [-0.2, -0.15) is 0 Å². The molecule has 1 fully saturated rings. The van der Waals surface area contributed by atoms with Gasteiger partial charge in [0.2, 0.25) is 5.91 Å². The molecule has 31 heavy (non-hydrogen) atoms. The molecule has 2 heterocycles. The maximum absolute atomic E-state index is 12.9. The van der Waals surface area contributed by atoms with Crippen LogP contribution >= 0.6 is 11.3 Å². The second kappa shape index (κ2) is 9.01. The summed E-state index contributed by atoms with van der Waals surface area (Å²) in [5.74, 6) is -0.0662. The van der Waals surface area contributed by atoms with E-state index < -0.39 is 0 Å². The van der Waals surface area contributed by atoms with E-state index in [1.54, 1.807) is 59.5 Å². The Hall–Kier alpha value is -3.65. The number of amides is 3. The lowest BCUT2D eigenvalue weighted by atomic mass is 10.1. The summed E-state index contributed by atoms with van der Waals surface area (Å²) in [7, 11) is 1.53. The molecule has 1 saturated heterocycles. The number of methoxy groups -OCH3 is 1. The Kier molecular flexibility index (Phi) is 5.99. The number of anilines is 3. The van der Waals surface area contributed by atoms with Crippen LogP contribution in [-0.4, -0.2) is 31.4 Å². The minimum atomic E-state index is -0.367. The van der Waals surface area contributed by atoms with Gasteiger partial charge in [0.15, 0.2) is 0 Å². The zero-order valence-electron chi connectivity index (χ0n) is 16.9. The topological polar surface area (TPSA) is 87.7 Å². The summed E-state index contributed by atoms with van der Waals surface area (Å²) in [6.45, 7) is 0.651. The summed E-state index contributed by atoms with van der Waals surface area (Å²) in [6.07, 6.45) is 1.34. The first-order valence-electron chi connectivity index (χ1n) is 9.80. The number of para-hydroxylation sites is 1. The first kappa shape index (κ1) is 20.6. The Labute approximate surface area is 183 Å². The van der Waals surface area contributed by atoms with Crippen LogP contribution in [0.25, 0.3) is 0 Å². The molecule has 0 atom stereocenters. The molecule has 2 N–H and O–H groups in total.